The number of anilines is 1. The molecule has 4 rings (SSSR count). The molecule has 9 heteroatoms. The van der Waals surface area contributed by atoms with Gasteiger partial charge in [0.25, 0.3) is 11.5 Å². The van der Waals surface area contributed by atoms with Gasteiger partial charge >= 0.3 is 0 Å². The van der Waals surface area contributed by atoms with Crippen LogP contribution < -0.4 is 16.6 Å². The maximum Gasteiger partial charge on any atom is 0.291 e. The Bertz CT molecular complexity index is 1130. The zero-order chi connectivity index (χ0) is 20.0. The molecule has 146 valence electrons. The molecule has 3 aromatic heterocycles. The van der Waals surface area contributed by atoms with Crippen molar-refractivity contribution in [2.45, 2.75) is 39.3 Å². The van der Waals surface area contributed by atoms with E-state index in [0.717, 1.165) is 17.4 Å². The van der Waals surface area contributed by atoms with Crippen molar-refractivity contribution in [2.24, 2.45) is 5.92 Å². The van der Waals surface area contributed by atoms with Crippen LogP contribution in [0.15, 0.2) is 29.3 Å². The third kappa shape index (κ3) is 3.08. The molecule has 0 aliphatic heterocycles. The van der Waals surface area contributed by atoms with Crippen molar-refractivity contribution in [3.8, 4) is 17.1 Å². The highest BCUT2D eigenvalue weighted by Gasteiger charge is 2.29. The van der Waals surface area contributed by atoms with Gasteiger partial charge in [-0.2, -0.15) is 9.61 Å². The first-order valence-corrected chi connectivity index (χ1v) is 9.23. The predicted octanol–water partition coefficient (Wildman–Crippen LogP) is 1.39. The van der Waals surface area contributed by atoms with E-state index in [1.54, 1.807) is 22.9 Å². The molecule has 0 aromatic carbocycles. The summed E-state index contributed by atoms with van der Waals surface area (Å²) in [7, 11) is 0. The van der Waals surface area contributed by atoms with Crippen molar-refractivity contribution in [3.63, 3.8) is 0 Å². The minimum atomic E-state index is -0.662. The smallest absolute Gasteiger partial charge is 0.291 e. The maximum absolute atomic E-state index is 13.0. The van der Waals surface area contributed by atoms with Gasteiger partial charge in [-0.15, -0.1) is 0 Å². The summed E-state index contributed by atoms with van der Waals surface area (Å²) in [6.07, 6.45) is 4.85. The molecule has 3 aromatic rings. The van der Waals surface area contributed by atoms with E-state index in [2.05, 4.69) is 15.4 Å². The Labute approximate surface area is 160 Å². The number of carbonyl (C=O) groups is 1. The lowest BCUT2D eigenvalue weighted by Gasteiger charge is -2.16. The fraction of sp³-hybridized carbons (Fsp3) is 0.368. The second-order valence-corrected chi connectivity index (χ2v) is 7.52. The van der Waals surface area contributed by atoms with Gasteiger partial charge in [0, 0.05) is 30.4 Å². The monoisotopic (exact) mass is 382 g/mol. The van der Waals surface area contributed by atoms with Crippen LogP contribution in [0.3, 0.4) is 0 Å². The average Bonchev–Trinajstić information content (AvgIpc) is 3.33. The number of fused-ring (bicyclic) bond motifs is 1. The van der Waals surface area contributed by atoms with Gasteiger partial charge in [0.1, 0.15) is 5.65 Å². The Morgan fingerprint density at radius 1 is 1.43 bits per heavy atom. The van der Waals surface area contributed by atoms with Crippen LogP contribution in [0.2, 0.25) is 0 Å². The molecule has 4 N–H and O–H groups in total. The highest BCUT2D eigenvalue weighted by molar-refractivity contribution is 5.96. The Hall–Kier alpha value is -3.36. The highest BCUT2D eigenvalue weighted by atomic mass is 16.3. The van der Waals surface area contributed by atoms with E-state index in [9.17, 15) is 14.7 Å². The third-order valence-electron chi connectivity index (χ3n) is 4.67. The van der Waals surface area contributed by atoms with Crippen molar-refractivity contribution in [2.75, 3.05) is 5.73 Å². The van der Waals surface area contributed by atoms with Crippen molar-refractivity contribution < 1.29 is 9.90 Å². The molecule has 0 spiro atoms. The molecule has 0 radical (unpaired) electrons. The van der Waals surface area contributed by atoms with Gasteiger partial charge in [-0.3, -0.25) is 19.1 Å². The van der Waals surface area contributed by atoms with Crippen LogP contribution in [0.5, 0.6) is 5.88 Å². The lowest BCUT2D eigenvalue weighted by molar-refractivity contribution is 0.0944. The molecule has 9 nitrogen and oxygen atoms in total. The number of hydrogen-bond donors (Lipinski definition) is 3. The van der Waals surface area contributed by atoms with E-state index in [0.29, 0.717) is 29.1 Å². The third-order valence-corrected chi connectivity index (χ3v) is 4.67. The molecule has 1 aliphatic rings. The van der Waals surface area contributed by atoms with Crippen molar-refractivity contribution in [1.29, 1.82) is 0 Å². The van der Waals surface area contributed by atoms with Crippen LogP contribution in [-0.4, -0.2) is 36.2 Å². The van der Waals surface area contributed by atoms with Crippen molar-refractivity contribution in [3.05, 3.63) is 40.4 Å². The summed E-state index contributed by atoms with van der Waals surface area (Å²) in [4.78, 5) is 29.5. The molecule has 0 saturated heterocycles. The summed E-state index contributed by atoms with van der Waals surface area (Å²) in [5.41, 5.74) is 6.94. The molecule has 1 aliphatic carbocycles. The maximum atomic E-state index is 13.0. The zero-order valence-electron chi connectivity index (χ0n) is 15.7. The van der Waals surface area contributed by atoms with Gasteiger partial charge in [0.15, 0.2) is 5.56 Å². The second-order valence-electron chi connectivity index (χ2n) is 7.52. The van der Waals surface area contributed by atoms with Gasteiger partial charge in [0.05, 0.1) is 17.6 Å². The highest BCUT2D eigenvalue weighted by Crippen LogP contribution is 2.27. The molecule has 1 saturated carbocycles. The summed E-state index contributed by atoms with van der Waals surface area (Å²) in [6, 6.07) is 3.44. The van der Waals surface area contributed by atoms with Gasteiger partial charge < -0.3 is 16.2 Å². The van der Waals surface area contributed by atoms with E-state index < -0.39 is 11.5 Å². The molecule has 0 bridgehead atoms. The summed E-state index contributed by atoms with van der Waals surface area (Å²) >= 11 is 0. The largest absolute Gasteiger partial charge is 0.494 e. The van der Waals surface area contributed by atoms with Crippen molar-refractivity contribution >= 4 is 17.2 Å². The molecular formula is C19H22N6O3. The first-order chi connectivity index (χ1) is 13.4. The first-order valence-electron chi connectivity index (χ1n) is 9.23. The van der Waals surface area contributed by atoms with E-state index in [1.807, 2.05) is 13.8 Å². The number of nitrogen functional groups attached to an aromatic ring is 1. The number of amides is 1. The SMILES string of the molecule is CC(C)Cn1c(O)c(C(=O)NC2CC2)c(=O)n2nc(-c3ccncc3N)cc12. The Morgan fingerprint density at radius 2 is 2.18 bits per heavy atom. The molecular weight excluding hydrogens is 360 g/mol. The lowest BCUT2D eigenvalue weighted by atomic mass is 10.1. The van der Waals surface area contributed by atoms with Gasteiger partial charge in [-0.05, 0) is 24.8 Å². The number of aromatic hydroxyl groups is 1. The van der Waals surface area contributed by atoms with Crippen LogP contribution in [0.25, 0.3) is 16.9 Å². The molecule has 0 unspecified atom stereocenters. The van der Waals surface area contributed by atoms with Gasteiger partial charge in [-0.1, -0.05) is 13.8 Å². The summed E-state index contributed by atoms with van der Waals surface area (Å²) in [6.45, 7) is 4.38. The van der Waals surface area contributed by atoms with E-state index in [4.69, 9.17) is 5.73 Å². The molecule has 1 amide bonds. The summed E-state index contributed by atoms with van der Waals surface area (Å²) < 4.78 is 2.70. The first kappa shape index (κ1) is 18.0. The normalized spacial score (nSPS) is 14.0. The number of carbonyl (C=O) groups excluding carboxylic acids is 1. The standard InChI is InChI=1S/C19H22N6O3/c1-10(2)9-24-15-7-14(12-5-6-21-8-13(12)20)23-25(15)19(28)16(18(24)27)17(26)22-11-3-4-11/h5-8,10-11,27H,3-4,9,20H2,1-2H3,(H,22,26). The number of hydrogen-bond acceptors (Lipinski definition) is 6. The van der Waals surface area contributed by atoms with E-state index >= 15 is 0 Å². The number of nitrogens with zero attached hydrogens (tertiary/aromatic N) is 4. The van der Waals surface area contributed by atoms with E-state index in [-0.39, 0.29) is 23.4 Å². The molecule has 1 fully saturated rings. The van der Waals surface area contributed by atoms with E-state index in [1.165, 1.54) is 6.20 Å². The topological polar surface area (TPSA) is 128 Å². The average molecular weight is 382 g/mol. The molecule has 28 heavy (non-hydrogen) atoms. The minimum Gasteiger partial charge on any atom is -0.494 e. The number of rotatable bonds is 5. The van der Waals surface area contributed by atoms with Crippen LogP contribution >= 0.6 is 0 Å². The number of aromatic nitrogens is 4. The lowest BCUT2D eigenvalue weighted by Crippen LogP contribution is -2.34. The molecule has 0 atom stereocenters. The van der Waals surface area contributed by atoms with Gasteiger partial charge in [0.2, 0.25) is 5.88 Å². The fourth-order valence-corrected chi connectivity index (χ4v) is 3.16. The Morgan fingerprint density at radius 3 is 2.82 bits per heavy atom. The minimum absolute atomic E-state index is 0.0605. The van der Waals surface area contributed by atoms with Crippen LogP contribution in [0, 0.1) is 5.92 Å². The van der Waals surface area contributed by atoms with Crippen LogP contribution in [0.1, 0.15) is 37.0 Å². The number of nitrogens with one attached hydrogen (secondary N) is 1. The zero-order valence-corrected chi connectivity index (χ0v) is 15.7. The van der Waals surface area contributed by atoms with Crippen molar-refractivity contribution in [1.82, 2.24) is 24.5 Å². The molecule has 3 heterocycles. The predicted molar refractivity (Wildman–Crippen MR) is 104 cm³/mol. The number of nitrogens with two attached hydrogens (primary N) is 1. The Balaban J connectivity index is 1.95. The number of pyridine rings is 1. The quantitative estimate of drug-likeness (QED) is 0.612. The summed E-state index contributed by atoms with van der Waals surface area (Å²) in [5.74, 6) is -0.760. The van der Waals surface area contributed by atoms with Crippen LogP contribution in [-0.2, 0) is 6.54 Å². The second kappa shape index (κ2) is 6.66. The summed E-state index contributed by atoms with van der Waals surface area (Å²) in [5, 5.41) is 17.9. The fourth-order valence-electron chi connectivity index (χ4n) is 3.16. The Kier molecular flexibility index (Phi) is 4.29. The van der Waals surface area contributed by atoms with Gasteiger partial charge in [-0.25, -0.2) is 0 Å². The van der Waals surface area contributed by atoms with Crippen LogP contribution in [0.4, 0.5) is 5.69 Å².